The van der Waals surface area contributed by atoms with E-state index in [9.17, 15) is 18.0 Å². The summed E-state index contributed by atoms with van der Waals surface area (Å²) in [6.07, 6.45) is -3.35. The summed E-state index contributed by atoms with van der Waals surface area (Å²) < 4.78 is 48.8. The number of hydrogen-bond donors (Lipinski definition) is 0. The molecular formula is C14H15F3O3. The van der Waals surface area contributed by atoms with Crippen LogP contribution in [0.1, 0.15) is 42.1 Å². The first-order chi connectivity index (χ1) is 9.41. The SMILES string of the molecule is CCC(=O)c1cc(C(F)(F)F)ccc1OC1CCCO1. The highest BCUT2D eigenvalue weighted by atomic mass is 19.4. The molecule has 1 unspecified atom stereocenters. The van der Waals surface area contributed by atoms with Crippen molar-refractivity contribution in [2.75, 3.05) is 6.61 Å². The number of carbonyl (C=O) groups is 1. The van der Waals surface area contributed by atoms with Crippen LogP contribution in [0.15, 0.2) is 18.2 Å². The standard InChI is InChI=1S/C14H15F3O3/c1-2-11(18)10-8-9(14(15,16)17)5-6-12(10)20-13-4-3-7-19-13/h5-6,8,13H,2-4,7H2,1H3. The largest absolute Gasteiger partial charge is 0.464 e. The van der Waals surface area contributed by atoms with E-state index in [0.29, 0.717) is 13.0 Å². The molecule has 0 saturated carbocycles. The Kier molecular flexibility index (Phi) is 4.32. The van der Waals surface area contributed by atoms with Gasteiger partial charge in [0.1, 0.15) is 5.75 Å². The van der Waals surface area contributed by atoms with E-state index in [1.165, 1.54) is 6.07 Å². The molecule has 3 nitrogen and oxygen atoms in total. The second kappa shape index (κ2) is 5.83. The zero-order valence-corrected chi connectivity index (χ0v) is 11.0. The van der Waals surface area contributed by atoms with Crippen LogP contribution in [0.4, 0.5) is 13.2 Å². The van der Waals surface area contributed by atoms with Crippen LogP contribution in [0.2, 0.25) is 0 Å². The van der Waals surface area contributed by atoms with Crippen LogP contribution in [-0.2, 0) is 10.9 Å². The molecule has 0 aromatic heterocycles. The summed E-state index contributed by atoms with van der Waals surface area (Å²) in [5.41, 5.74) is -0.896. The van der Waals surface area contributed by atoms with Gasteiger partial charge in [-0.1, -0.05) is 6.92 Å². The van der Waals surface area contributed by atoms with Crippen molar-refractivity contribution in [2.24, 2.45) is 0 Å². The van der Waals surface area contributed by atoms with Gasteiger partial charge in [-0.25, -0.2) is 0 Å². The lowest BCUT2D eigenvalue weighted by atomic mass is 10.0. The molecule has 1 fully saturated rings. The van der Waals surface area contributed by atoms with Crippen molar-refractivity contribution in [1.82, 2.24) is 0 Å². The van der Waals surface area contributed by atoms with Crippen LogP contribution in [0, 0.1) is 0 Å². The second-order valence-electron chi connectivity index (χ2n) is 4.55. The Labute approximate surface area is 114 Å². The Balaban J connectivity index is 2.32. The number of hydrogen-bond acceptors (Lipinski definition) is 3. The lowest BCUT2D eigenvalue weighted by Gasteiger charge is -2.17. The Morgan fingerprint density at radius 2 is 2.20 bits per heavy atom. The lowest BCUT2D eigenvalue weighted by molar-refractivity contribution is -0.137. The highest BCUT2D eigenvalue weighted by molar-refractivity contribution is 5.98. The van der Waals surface area contributed by atoms with Gasteiger partial charge in [-0.2, -0.15) is 13.2 Å². The van der Waals surface area contributed by atoms with Crippen LogP contribution in [0.3, 0.4) is 0 Å². The van der Waals surface area contributed by atoms with Gasteiger partial charge in [0, 0.05) is 12.8 Å². The number of carbonyl (C=O) groups excluding carboxylic acids is 1. The van der Waals surface area contributed by atoms with Gasteiger partial charge in [0.15, 0.2) is 12.1 Å². The van der Waals surface area contributed by atoms with Gasteiger partial charge >= 0.3 is 6.18 Å². The van der Waals surface area contributed by atoms with Gasteiger partial charge in [-0.15, -0.1) is 0 Å². The molecule has 110 valence electrons. The third kappa shape index (κ3) is 3.30. The van der Waals surface area contributed by atoms with Crippen LogP contribution >= 0.6 is 0 Å². The number of benzene rings is 1. The molecule has 2 rings (SSSR count). The van der Waals surface area contributed by atoms with Gasteiger partial charge in [-0.05, 0) is 24.6 Å². The molecule has 0 aliphatic carbocycles. The van der Waals surface area contributed by atoms with Gasteiger partial charge in [0.25, 0.3) is 0 Å². The normalized spacial score (nSPS) is 19.1. The van der Waals surface area contributed by atoms with E-state index in [2.05, 4.69) is 0 Å². The molecule has 1 saturated heterocycles. The monoisotopic (exact) mass is 288 g/mol. The maximum absolute atomic E-state index is 12.7. The van der Waals surface area contributed by atoms with E-state index in [-0.39, 0.29) is 23.5 Å². The summed E-state index contributed by atoms with van der Waals surface area (Å²) in [6, 6.07) is 2.94. The van der Waals surface area contributed by atoms with Crippen LogP contribution < -0.4 is 4.74 Å². The molecule has 1 atom stereocenters. The van der Waals surface area contributed by atoms with E-state index < -0.39 is 18.0 Å². The molecule has 0 bridgehead atoms. The first-order valence-corrected chi connectivity index (χ1v) is 6.44. The molecule has 6 heteroatoms. The fourth-order valence-electron chi connectivity index (χ4n) is 2.00. The second-order valence-corrected chi connectivity index (χ2v) is 4.55. The summed E-state index contributed by atoms with van der Waals surface area (Å²) >= 11 is 0. The van der Waals surface area contributed by atoms with E-state index in [1.807, 2.05) is 0 Å². The predicted molar refractivity (Wildman–Crippen MR) is 65.7 cm³/mol. The molecule has 0 radical (unpaired) electrons. The average molecular weight is 288 g/mol. The molecule has 1 heterocycles. The van der Waals surface area contributed by atoms with E-state index in [4.69, 9.17) is 9.47 Å². The van der Waals surface area contributed by atoms with Gasteiger partial charge in [0.2, 0.25) is 0 Å². The molecule has 0 N–H and O–H groups in total. The lowest BCUT2D eigenvalue weighted by Crippen LogP contribution is -2.17. The Morgan fingerprint density at radius 3 is 2.75 bits per heavy atom. The van der Waals surface area contributed by atoms with Crippen LogP contribution in [0.25, 0.3) is 0 Å². The van der Waals surface area contributed by atoms with Crippen molar-refractivity contribution in [2.45, 2.75) is 38.7 Å². The minimum atomic E-state index is -4.48. The molecule has 20 heavy (non-hydrogen) atoms. The summed E-state index contributed by atoms with van der Waals surface area (Å²) in [6.45, 7) is 2.15. The van der Waals surface area contributed by atoms with Crippen molar-refractivity contribution in [3.8, 4) is 5.75 Å². The van der Waals surface area contributed by atoms with Crippen LogP contribution in [-0.4, -0.2) is 18.7 Å². The molecule has 1 aliphatic rings. The Hall–Kier alpha value is -1.56. The van der Waals surface area contributed by atoms with Gasteiger partial charge < -0.3 is 9.47 Å². The molecule has 0 amide bonds. The number of rotatable bonds is 4. The highest BCUT2D eigenvalue weighted by Gasteiger charge is 2.32. The fourth-order valence-corrected chi connectivity index (χ4v) is 2.00. The third-order valence-corrected chi connectivity index (χ3v) is 3.07. The fraction of sp³-hybridized carbons (Fsp3) is 0.500. The number of Topliss-reactive ketones (excluding diaryl/α,β-unsaturated/α-hetero) is 1. The first-order valence-electron chi connectivity index (χ1n) is 6.44. The van der Waals surface area contributed by atoms with Gasteiger partial charge in [-0.3, -0.25) is 4.79 Å². The smallest absolute Gasteiger partial charge is 0.416 e. The summed E-state index contributed by atoms with van der Waals surface area (Å²) in [5, 5.41) is 0. The van der Waals surface area contributed by atoms with Crippen molar-refractivity contribution in [3.05, 3.63) is 29.3 Å². The predicted octanol–water partition coefficient (Wildman–Crippen LogP) is 3.81. The zero-order valence-electron chi connectivity index (χ0n) is 11.0. The topological polar surface area (TPSA) is 35.5 Å². The van der Waals surface area contributed by atoms with Crippen molar-refractivity contribution in [1.29, 1.82) is 0 Å². The highest BCUT2D eigenvalue weighted by Crippen LogP contribution is 2.34. The average Bonchev–Trinajstić information content (AvgIpc) is 2.90. The molecule has 1 aromatic carbocycles. The number of ether oxygens (including phenoxy) is 2. The number of halogens is 3. The Morgan fingerprint density at radius 1 is 1.45 bits per heavy atom. The third-order valence-electron chi connectivity index (χ3n) is 3.07. The first kappa shape index (κ1) is 14.8. The molecule has 1 aliphatic heterocycles. The number of ketones is 1. The number of alkyl halides is 3. The maximum Gasteiger partial charge on any atom is 0.416 e. The summed E-state index contributed by atoms with van der Waals surface area (Å²) in [4.78, 5) is 11.8. The summed E-state index contributed by atoms with van der Waals surface area (Å²) in [7, 11) is 0. The van der Waals surface area contributed by atoms with E-state index in [0.717, 1.165) is 18.6 Å². The minimum Gasteiger partial charge on any atom is -0.464 e. The quantitative estimate of drug-likeness (QED) is 0.790. The van der Waals surface area contributed by atoms with Crippen molar-refractivity contribution >= 4 is 5.78 Å². The zero-order chi connectivity index (χ0) is 14.8. The van der Waals surface area contributed by atoms with Crippen LogP contribution in [0.5, 0.6) is 5.75 Å². The molecule has 0 spiro atoms. The van der Waals surface area contributed by atoms with E-state index >= 15 is 0 Å². The van der Waals surface area contributed by atoms with E-state index in [1.54, 1.807) is 6.92 Å². The minimum absolute atomic E-state index is 0.0437. The summed E-state index contributed by atoms with van der Waals surface area (Å²) in [5.74, 6) is -0.235. The Bertz CT molecular complexity index is 491. The van der Waals surface area contributed by atoms with Crippen molar-refractivity contribution in [3.63, 3.8) is 0 Å². The maximum atomic E-state index is 12.7. The van der Waals surface area contributed by atoms with Crippen molar-refractivity contribution < 1.29 is 27.4 Å². The molecule has 1 aromatic rings. The molecular weight excluding hydrogens is 273 g/mol. The van der Waals surface area contributed by atoms with Gasteiger partial charge in [0.05, 0.1) is 17.7 Å².